The van der Waals surface area contributed by atoms with Crippen molar-refractivity contribution >= 4 is 11.6 Å². The van der Waals surface area contributed by atoms with Crippen molar-refractivity contribution in [2.24, 2.45) is 0 Å². The lowest BCUT2D eigenvalue weighted by atomic mass is 10.3. The summed E-state index contributed by atoms with van der Waals surface area (Å²) < 4.78 is 58.0. The van der Waals surface area contributed by atoms with E-state index in [1.54, 1.807) is 6.07 Å². The largest absolute Gasteiger partial charge is 0.573 e. The first kappa shape index (κ1) is 16.6. The Morgan fingerprint density at radius 3 is 2.30 bits per heavy atom. The molecular weight excluding hydrogens is 318 g/mol. The number of hydrogen-bond donors (Lipinski definition) is 1. The number of amides is 1. The molecule has 0 unspecified atom stereocenters. The number of carbonyl (C=O) groups is 1. The number of ether oxygens (including phenoxy) is 2. The first-order chi connectivity index (χ1) is 10.8. The van der Waals surface area contributed by atoms with Crippen molar-refractivity contribution < 1.29 is 31.8 Å². The van der Waals surface area contributed by atoms with Gasteiger partial charge in [-0.15, -0.1) is 13.2 Å². The Kier molecular flexibility index (Phi) is 5.05. The summed E-state index contributed by atoms with van der Waals surface area (Å²) in [5.74, 6) is -1.67. The van der Waals surface area contributed by atoms with E-state index in [1.165, 1.54) is 30.3 Å². The van der Waals surface area contributed by atoms with Gasteiger partial charge in [-0.05, 0) is 36.4 Å². The van der Waals surface area contributed by atoms with Crippen LogP contribution in [0.15, 0.2) is 48.5 Å². The number of nitrogens with one attached hydrogen (secondary N) is 1. The van der Waals surface area contributed by atoms with E-state index in [9.17, 15) is 22.4 Å². The average Bonchev–Trinajstić information content (AvgIpc) is 2.47. The maximum absolute atomic E-state index is 13.3. The van der Waals surface area contributed by atoms with Crippen LogP contribution >= 0.6 is 0 Å². The van der Waals surface area contributed by atoms with Crippen LogP contribution in [0.1, 0.15) is 0 Å². The third-order valence-electron chi connectivity index (χ3n) is 2.57. The number of anilines is 1. The van der Waals surface area contributed by atoms with Crippen LogP contribution in [-0.2, 0) is 4.79 Å². The van der Waals surface area contributed by atoms with Crippen LogP contribution in [0, 0.1) is 5.82 Å². The van der Waals surface area contributed by atoms with Crippen LogP contribution in [0.5, 0.6) is 11.5 Å². The fraction of sp³-hybridized carbons (Fsp3) is 0.133. The number of rotatable bonds is 5. The van der Waals surface area contributed by atoms with Gasteiger partial charge in [-0.2, -0.15) is 0 Å². The molecule has 8 heteroatoms. The summed E-state index contributed by atoms with van der Waals surface area (Å²) in [5, 5.41) is 2.40. The molecule has 0 saturated carbocycles. The summed E-state index contributed by atoms with van der Waals surface area (Å²) in [4.78, 5) is 11.6. The zero-order chi connectivity index (χ0) is 16.9. The van der Waals surface area contributed by atoms with Gasteiger partial charge in [-0.1, -0.05) is 12.1 Å². The highest BCUT2D eigenvalue weighted by molar-refractivity contribution is 5.91. The molecule has 122 valence electrons. The fourth-order valence-corrected chi connectivity index (χ4v) is 1.64. The van der Waals surface area contributed by atoms with Gasteiger partial charge >= 0.3 is 6.36 Å². The maximum Gasteiger partial charge on any atom is 0.573 e. The van der Waals surface area contributed by atoms with Crippen molar-refractivity contribution in [3.63, 3.8) is 0 Å². The molecule has 0 aliphatic heterocycles. The molecule has 0 aliphatic carbocycles. The minimum atomic E-state index is -4.78. The smallest absolute Gasteiger partial charge is 0.481 e. The van der Waals surface area contributed by atoms with Crippen molar-refractivity contribution in [3.05, 3.63) is 54.3 Å². The molecule has 0 aromatic heterocycles. The van der Waals surface area contributed by atoms with E-state index in [-0.39, 0.29) is 11.4 Å². The maximum atomic E-state index is 13.3. The minimum absolute atomic E-state index is 0.0726. The van der Waals surface area contributed by atoms with Crippen molar-refractivity contribution in [2.75, 3.05) is 11.9 Å². The Hall–Kier alpha value is -2.77. The quantitative estimate of drug-likeness (QED) is 0.850. The topological polar surface area (TPSA) is 47.6 Å². The van der Waals surface area contributed by atoms with E-state index in [4.69, 9.17) is 4.74 Å². The summed E-state index contributed by atoms with van der Waals surface area (Å²) in [6.45, 7) is -0.443. The lowest BCUT2D eigenvalue weighted by Crippen LogP contribution is -2.20. The van der Waals surface area contributed by atoms with E-state index < -0.39 is 30.4 Å². The normalized spacial score (nSPS) is 11.0. The van der Waals surface area contributed by atoms with Gasteiger partial charge < -0.3 is 14.8 Å². The summed E-state index contributed by atoms with van der Waals surface area (Å²) in [6, 6.07) is 10.2. The summed E-state index contributed by atoms with van der Waals surface area (Å²) >= 11 is 0. The second-order valence-corrected chi connectivity index (χ2v) is 4.34. The summed E-state index contributed by atoms with van der Waals surface area (Å²) in [6.07, 6.45) is -4.78. The Bertz CT molecular complexity index is 671. The SMILES string of the molecule is O=C(COc1ccccc1F)Nc1ccc(OC(F)(F)F)cc1. The molecule has 0 atom stereocenters. The van der Waals surface area contributed by atoms with Crippen molar-refractivity contribution in [1.29, 1.82) is 0 Å². The molecule has 23 heavy (non-hydrogen) atoms. The predicted octanol–water partition coefficient (Wildman–Crippen LogP) is 3.74. The van der Waals surface area contributed by atoms with Crippen molar-refractivity contribution in [2.45, 2.75) is 6.36 Å². The van der Waals surface area contributed by atoms with E-state index in [0.717, 1.165) is 12.1 Å². The van der Waals surface area contributed by atoms with E-state index in [1.807, 2.05) is 0 Å². The van der Waals surface area contributed by atoms with Crippen LogP contribution in [0.25, 0.3) is 0 Å². The Morgan fingerprint density at radius 1 is 1.04 bits per heavy atom. The van der Waals surface area contributed by atoms with E-state index >= 15 is 0 Å². The zero-order valence-corrected chi connectivity index (χ0v) is 11.6. The Morgan fingerprint density at radius 2 is 1.70 bits per heavy atom. The minimum Gasteiger partial charge on any atom is -0.481 e. The molecule has 2 aromatic carbocycles. The van der Waals surface area contributed by atoms with Crippen LogP contribution in [0.3, 0.4) is 0 Å². The van der Waals surface area contributed by atoms with Gasteiger partial charge in [0.25, 0.3) is 5.91 Å². The number of para-hydroxylation sites is 1. The van der Waals surface area contributed by atoms with Crippen LogP contribution in [0.2, 0.25) is 0 Å². The number of halogens is 4. The highest BCUT2D eigenvalue weighted by atomic mass is 19.4. The fourth-order valence-electron chi connectivity index (χ4n) is 1.64. The molecule has 2 aromatic rings. The van der Waals surface area contributed by atoms with Gasteiger partial charge in [0.05, 0.1) is 0 Å². The molecule has 0 saturated heterocycles. The second-order valence-electron chi connectivity index (χ2n) is 4.34. The summed E-state index contributed by atoms with van der Waals surface area (Å²) in [7, 11) is 0. The van der Waals surface area contributed by atoms with Crippen molar-refractivity contribution in [1.82, 2.24) is 0 Å². The number of alkyl halides is 3. The van der Waals surface area contributed by atoms with Crippen LogP contribution < -0.4 is 14.8 Å². The standard InChI is InChI=1S/C15H11F4NO3/c16-12-3-1-2-4-13(12)22-9-14(21)20-10-5-7-11(8-6-10)23-15(17,18)19/h1-8H,9H2,(H,20,21). The molecule has 0 bridgehead atoms. The molecular formula is C15H11F4NO3. The molecule has 4 nitrogen and oxygen atoms in total. The Labute approximate surface area is 128 Å². The number of carbonyl (C=O) groups excluding carboxylic acids is 1. The molecule has 0 fully saturated rings. The highest BCUT2D eigenvalue weighted by Gasteiger charge is 2.30. The molecule has 1 N–H and O–H groups in total. The zero-order valence-electron chi connectivity index (χ0n) is 11.6. The Balaban J connectivity index is 1.87. The van der Waals surface area contributed by atoms with Gasteiger partial charge in [0.15, 0.2) is 18.2 Å². The van der Waals surface area contributed by atoms with E-state index in [2.05, 4.69) is 10.1 Å². The number of hydrogen-bond acceptors (Lipinski definition) is 3. The third-order valence-corrected chi connectivity index (χ3v) is 2.57. The van der Waals surface area contributed by atoms with Crippen LogP contribution in [-0.4, -0.2) is 18.9 Å². The molecule has 0 spiro atoms. The average molecular weight is 329 g/mol. The lowest BCUT2D eigenvalue weighted by molar-refractivity contribution is -0.274. The van der Waals surface area contributed by atoms with Gasteiger partial charge in [-0.25, -0.2) is 4.39 Å². The van der Waals surface area contributed by atoms with Crippen molar-refractivity contribution in [3.8, 4) is 11.5 Å². The highest BCUT2D eigenvalue weighted by Crippen LogP contribution is 2.24. The van der Waals surface area contributed by atoms with E-state index in [0.29, 0.717) is 0 Å². The predicted molar refractivity (Wildman–Crippen MR) is 73.6 cm³/mol. The lowest BCUT2D eigenvalue weighted by Gasteiger charge is -2.10. The van der Waals surface area contributed by atoms with Gasteiger partial charge in [-0.3, -0.25) is 4.79 Å². The van der Waals surface area contributed by atoms with Crippen LogP contribution in [0.4, 0.5) is 23.2 Å². The van der Waals surface area contributed by atoms with Gasteiger partial charge in [0, 0.05) is 5.69 Å². The molecule has 0 radical (unpaired) electrons. The monoisotopic (exact) mass is 329 g/mol. The number of benzene rings is 2. The molecule has 0 aliphatic rings. The molecule has 1 amide bonds. The first-order valence-corrected chi connectivity index (χ1v) is 6.36. The third kappa shape index (κ3) is 5.50. The molecule has 0 heterocycles. The first-order valence-electron chi connectivity index (χ1n) is 6.36. The molecule has 2 rings (SSSR count). The second kappa shape index (κ2) is 6.99. The summed E-state index contributed by atoms with van der Waals surface area (Å²) in [5.41, 5.74) is 0.252. The van der Waals surface area contributed by atoms with Gasteiger partial charge in [0.1, 0.15) is 5.75 Å². The van der Waals surface area contributed by atoms with Gasteiger partial charge in [0.2, 0.25) is 0 Å².